The summed E-state index contributed by atoms with van der Waals surface area (Å²) in [6, 6.07) is 0.814. The summed E-state index contributed by atoms with van der Waals surface area (Å²) < 4.78 is 0. The lowest BCUT2D eigenvalue weighted by Gasteiger charge is -2.23. The van der Waals surface area contributed by atoms with Crippen molar-refractivity contribution in [3.8, 4) is 0 Å². The molecule has 0 spiro atoms. The quantitative estimate of drug-likeness (QED) is 0.795. The second-order valence-electron chi connectivity index (χ2n) is 6.08. The van der Waals surface area contributed by atoms with Gasteiger partial charge in [-0.25, -0.2) is 0 Å². The predicted molar refractivity (Wildman–Crippen MR) is 67.3 cm³/mol. The molecule has 1 rings (SSSR count). The topological polar surface area (TPSA) is 32.3 Å². The lowest BCUT2D eigenvalue weighted by molar-refractivity contribution is -0.130. The van der Waals surface area contributed by atoms with E-state index >= 15 is 0 Å². The molecule has 1 N–H and O–H groups in total. The smallest absolute Gasteiger partial charge is 0.236 e. The van der Waals surface area contributed by atoms with Gasteiger partial charge in [-0.05, 0) is 38.5 Å². The van der Waals surface area contributed by atoms with Crippen LogP contribution in [0.2, 0.25) is 0 Å². The van der Waals surface area contributed by atoms with Gasteiger partial charge in [0.1, 0.15) is 0 Å². The van der Waals surface area contributed by atoms with E-state index in [1.165, 1.54) is 19.3 Å². The number of carbonyl (C=O) groups is 1. The van der Waals surface area contributed by atoms with E-state index in [4.69, 9.17) is 0 Å². The van der Waals surface area contributed by atoms with Gasteiger partial charge < -0.3 is 10.2 Å². The van der Waals surface area contributed by atoms with Crippen LogP contribution in [0.15, 0.2) is 0 Å². The lowest BCUT2D eigenvalue weighted by Crippen LogP contribution is -2.42. The molecular weight excluding hydrogens is 200 g/mol. The molecule has 1 atom stereocenters. The number of amides is 1. The Morgan fingerprint density at radius 1 is 1.50 bits per heavy atom. The van der Waals surface area contributed by atoms with Crippen LogP contribution in [0.5, 0.6) is 0 Å². The highest BCUT2D eigenvalue weighted by atomic mass is 16.2. The normalized spacial score (nSPS) is 23.8. The number of nitrogens with zero attached hydrogens (tertiary/aromatic N) is 1. The molecule has 3 heteroatoms. The second kappa shape index (κ2) is 5.17. The molecule has 3 nitrogen and oxygen atoms in total. The standard InChI is InChI=1S/C13H26N2O/c1-10(2)15(5)12(16)9-14-11-6-7-13(3,4)8-11/h10-11,14H,6-9H2,1-5H3. The Hall–Kier alpha value is -0.570. The molecule has 0 aliphatic heterocycles. The monoisotopic (exact) mass is 226 g/mol. The van der Waals surface area contributed by atoms with Gasteiger partial charge in [0, 0.05) is 19.1 Å². The molecule has 0 aromatic rings. The first-order valence-electron chi connectivity index (χ1n) is 6.31. The Labute approximate surface area is 99.6 Å². The molecule has 0 heterocycles. The minimum absolute atomic E-state index is 0.194. The average Bonchev–Trinajstić information content (AvgIpc) is 2.53. The molecule has 16 heavy (non-hydrogen) atoms. The van der Waals surface area contributed by atoms with Crippen LogP contribution in [0, 0.1) is 5.41 Å². The third kappa shape index (κ3) is 3.78. The molecule has 0 radical (unpaired) electrons. The van der Waals surface area contributed by atoms with E-state index in [1.807, 2.05) is 20.9 Å². The Morgan fingerprint density at radius 2 is 2.12 bits per heavy atom. The fourth-order valence-corrected chi connectivity index (χ4v) is 2.25. The Balaban J connectivity index is 2.28. The minimum Gasteiger partial charge on any atom is -0.342 e. The van der Waals surface area contributed by atoms with Gasteiger partial charge in [0.25, 0.3) is 0 Å². The van der Waals surface area contributed by atoms with Crippen LogP contribution in [0.1, 0.15) is 47.0 Å². The first-order valence-corrected chi connectivity index (χ1v) is 6.31. The Kier molecular flexibility index (Phi) is 4.36. The van der Waals surface area contributed by atoms with Gasteiger partial charge in [0.2, 0.25) is 5.91 Å². The predicted octanol–water partition coefficient (Wildman–Crippen LogP) is 2.02. The van der Waals surface area contributed by atoms with Gasteiger partial charge in [-0.15, -0.1) is 0 Å². The zero-order valence-electron chi connectivity index (χ0n) is 11.3. The van der Waals surface area contributed by atoms with E-state index in [9.17, 15) is 4.79 Å². The third-order valence-electron chi connectivity index (χ3n) is 3.68. The van der Waals surface area contributed by atoms with Gasteiger partial charge in [0.15, 0.2) is 0 Å². The molecule has 1 aliphatic rings. The summed E-state index contributed by atoms with van der Waals surface area (Å²) in [4.78, 5) is 13.6. The molecule has 1 amide bonds. The fourth-order valence-electron chi connectivity index (χ4n) is 2.25. The Morgan fingerprint density at radius 3 is 2.56 bits per heavy atom. The summed E-state index contributed by atoms with van der Waals surface area (Å²) in [6.07, 6.45) is 3.65. The minimum atomic E-state index is 0.194. The van der Waals surface area contributed by atoms with Crippen LogP contribution in [0.25, 0.3) is 0 Å². The van der Waals surface area contributed by atoms with Crippen LogP contribution < -0.4 is 5.32 Å². The molecule has 0 bridgehead atoms. The summed E-state index contributed by atoms with van der Waals surface area (Å²) in [5.41, 5.74) is 0.449. The lowest BCUT2D eigenvalue weighted by atomic mass is 9.92. The van der Waals surface area contributed by atoms with Gasteiger partial charge >= 0.3 is 0 Å². The van der Waals surface area contributed by atoms with Crippen molar-refractivity contribution >= 4 is 5.91 Å². The number of rotatable bonds is 4. The van der Waals surface area contributed by atoms with E-state index in [0.29, 0.717) is 18.0 Å². The SMILES string of the molecule is CC(C)N(C)C(=O)CNC1CCC(C)(C)C1. The zero-order chi connectivity index (χ0) is 12.3. The molecule has 1 saturated carbocycles. The third-order valence-corrected chi connectivity index (χ3v) is 3.68. The van der Waals surface area contributed by atoms with Gasteiger partial charge in [-0.1, -0.05) is 13.8 Å². The number of carbonyl (C=O) groups excluding carboxylic acids is 1. The number of hydrogen-bond donors (Lipinski definition) is 1. The molecule has 0 saturated heterocycles. The molecule has 1 fully saturated rings. The van der Waals surface area contributed by atoms with E-state index in [2.05, 4.69) is 19.2 Å². The number of likely N-dealkylation sites (N-methyl/N-ethyl adjacent to an activating group) is 1. The van der Waals surface area contributed by atoms with Crippen LogP contribution in [-0.2, 0) is 4.79 Å². The molecule has 1 unspecified atom stereocenters. The Bertz CT molecular complexity index is 248. The maximum Gasteiger partial charge on any atom is 0.236 e. The van der Waals surface area contributed by atoms with Crippen molar-refractivity contribution in [2.45, 2.75) is 59.0 Å². The van der Waals surface area contributed by atoms with Crippen molar-refractivity contribution in [1.82, 2.24) is 10.2 Å². The summed E-state index contributed by atoms with van der Waals surface area (Å²) in [6.45, 7) is 9.16. The van der Waals surface area contributed by atoms with E-state index in [-0.39, 0.29) is 11.9 Å². The molecule has 0 aromatic heterocycles. The maximum atomic E-state index is 11.8. The van der Waals surface area contributed by atoms with Crippen molar-refractivity contribution in [3.63, 3.8) is 0 Å². The van der Waals surface area contributed by atoms with Crippen LogP contribution in [0.4, 0.5) is 0 Å². The summed E-state index contributed by atoms with van der Waals surface area (Å²) >= 11 is 0. The van der Waals surface area contributed by atoms with E-state index < -0.39 is 0 Å². The van der Waals surface area contributed by atoms with Crippen molar-refractivity contribution in [2.24, 2.45) is 5.41 Å². The summed E-state index contributed by atoms with van der Waals surface area (Å²) in [7, 11) is 1.87. The van der Waals surface area contributed by atoms with Crippen molar-refractivity contribution in [3.05, 3.63) is 0 Å². The van der Waals surface area contributed by atoms with Gasteiger partial charge in [-0.3, -0.25) is 4.79 Å². The largest absolute Gasteiger partial charge is 0.342 e. The van der Waals surface area contributed by atoms with Crippen LogP contribution in [0.3, 0.4) is 0 Å². The number of hydrogen-bond acceptors (Lipinski definition) is 2. The van der Waals surface area contributed by atoms with Gasteiger partial charge in [-0.2, -0.15) is 0 Å². The first kappa shape index (κ1) is 13.5. The molecule has 0 aromatic carbocycles. The van der Waals surface area contributed by atoms with E-state index in [1.54, 1.807) is 4.90 Å². The molecule has 94 valence electrons. The van der Waals surface area contributed by atoms with Crippen LogP contribution in [-0.4, -0.2) is 36.5 Å². The zero-order valence-corrected chi connectivity index (χ0v) is 11.3. The highest BCUT2D eigenvalue weighted by Gasteiger charge is 2.30. The first-order chi connectivity index (χ1) is 7.32. The maximum absolute atomic E-state index is 11.8. The van der Waals surface area contributed by atoms with Crippen molar-refractivity contribution < 1.29 is 4.79 Å². The number of nitrogens with one attached hydrogen (secondary N) is 1. The highest BCUT2D eigenvalue weighted by molar-refractivity contribution is 5.78. The average molecular weight is 226 g/mol. The second-order valence-corrected chi connectivity index (χ2v) is 6.08. The fraction of sp³-hybridized carbons (Fsp3) is 0.923. The summed E-state index contributed by atoms with van der Waals surface area (Å²) in [5, 5.41) is 3.38. The molecular formula is C13H26N2O. The van der Waals surface area contributed by atoms with E-state index in [0.717, 1.165) is 0 Å². The molecule has 1 aliphatic carbocycles. The van der Waals surface area contributed by atoms with Crippen LogP contribution >= 0.6 is 0 Å². The highest BCUT2D eigenvalue weighted by Crippen LogP contribution is 2.36. The summed E-state index contributed by atoms with van der Waals surface area (Å²) in [5.74, 6) is 0.194. The van der Waals surface area contributed by atoms with Crippen molar-refractivity contribution in [2.75, 3.05) is 13.6 Å². The van der Waals surface area contributed by atoms with Gasteiger partial charge in [0.05, 0.1) is 6.54 Å². The van der Waals surface area contributed by atoms with Crippen molar-refractivity contribution in [1.29, 1.82) is 0 Å².